The van der Waals surface area contributed by atoms with Crippen molar-refractivity contribution in [3.63, 3.8) is 0 Å². The number of aliphatic carboxylic acids is 1. The van der Waals surface area contributed by atoms with Crippen molar-refractivity contribution in [1.29, 1.82) is 0 Å². The molecule has 0 aliphatic carbocycles. The molecule has 0 saturated carbocycles. The van der Waals surface area contributed by atoms with Crippen LogP contribution >= 0.6 is 0 Å². The number of carboxylic acids is 1. The number of carboxylic acid groups (broad SMARTS) is 1. The van der Waals surface area contributed by atoms with Gasteiger partial charge in [0.2, 0.25) is 0 Å². The molecule has 2 atom stereocenters. The summed E-state index contributed by atoms with van der Waals surface area (Å²) in [5.74, 6) is 0.995. The molecule has 25 heavy (non-hydrogen) atoms. The summed E-state index contributed by atoms with van der Waals surface area (Å²) in [6, 6.07) is 9.38. The Morgan fingerprint density at radius 1 is 1.28 bits per heavy atom. The van der Waals surface area contributed by atoms with Crippen molar-refractivity contribution in [2.75, 3.05) is 27.3 Å². The fraction of sp³-hybridized carbons (Fsp3) is 0.421. The van der Waals surface area contributed by atoms with E-state index in [1.165, 1.54) is 0 Å². The first-order valence-electron chi connectivity index (χ1n) is 8.36. The second-order valence-electron chi connectivity index (χ2n) is 6.20. The summed E-state index contributed by atoms with van der Waals surface area (Å²) < 4.78 is 16.4. The predicted octanol–water partition coefficient (Wildman–Crippen LogP) is 3.18. The molecule has 1 N–H and O–H groups in total. The van der Waals surface area contributed by atoms with Crippen LogP contribution in [0.4, 0.5) is 0 Å². The van der Waals surface area contributed by atoms with Crippen LogP contribution in [0.3, 0.4) is 0 Å². The van der Waals surface area contributed by atoms with Gasteiger partial charge in [-0.05, 0) is 49.2 Å². The van der Waals surface area contributed by atoms with Gasteiger partial charge in [-0.2, -0.15) is 0 Å². The molecule has 1 saturated heterocycles. The first-order valence-corrected chi connectivity index (χ1v) is 8.36. The molecule has 0 bridgehead atoms. The Morgan fingerprint density at radius 3 is 2.72 bits per heavy atom. The van der Waals surface area contributed by atoms with E-state index < -0.39 is 5.97 Å². The zero-order chi connectivity index (χ0) is 17.8. The van der Waals surface area contributed by atoms with Gasteiger partial charge in [0.1, 0.15) is 5.76 Å². The zero-order valence-corrected chi connectivity index (χ0v) is 14.5. The van der Waals surface area contributed by atoms with Gasteiger partial charge in [0.15, 0.2) is 11.5 Å². The van der Waals surface area contributed by atoms with Crippen LogP contribution in [-0.2, 0) is 4.79 Å². The number of ether oxygens (including phenoxy) is 2. The quantitative estimate of drug-likeness (QED) is 0.867. The molecule has 1 aromatic heterocycles. The third-order valence-corrected chi connectivity index (χ3v) is 4.70. The lowest BCUT2D eigenvalue weighted by molar-refractivity contribution is -0.143. The van der Waals surface area contributed by atoms with Gasteiger partial charge in [0.25, 0.3) is 0 Å². The number of methoxy groups -OCH3 is 2. The van der Waals surface area contributed by atoms with Gasteiger partial charge in [-0.1, -0.05) is 6.07 Å². The molecule has 2 heterocycles. The van der Waals surface area contributed by atoms with Crippen LogP contribution in [0.25, 0.3) is 0 Å². The lowest BCUT2D eigenvalue weighted by Crippen LogP contribution is -2.41. The fourth-order valence-electron chi connectivity index (χ4n) is 3.47. The van der Waals surface area contributed by atoms with Crippen LogP contribution < -0.4 is 9.47 Å². The highest BCUT2D eigenvalue weighted by Gasteiger charge is 2.32. The lowest BCUT2D eigenvalue weighted by Gasteiger charge is -2.36. The number of hydrogen-bond acceptors (Lipinski definition) is 5. The minimum absolute atomic E-state index is 0.156. The largest absolute Gasteiger partial charge is 0.493 e. The van der Waals surface area contributed by atoms with E-state index >= 15 is 0 Å². The number of rotatable bonds is 6. The van der Waals surface area contributed by atoms with Gasteiger partial charge in [0.05, 0.1) is 32.4 Å². The molecule has 1 aromatic carbocycles. The molecular weight excluding hydrogens is 322 g/mol. The van der Waals surface area contributed by atoms with Crippen molar-refractivity contribution < 1.29 is 23.8 Å². The van der Waals surface area contributed by atoms with E-state index in [2.05, 4.69) is 4.90 Å². The number of benzene rings is 1. The van der Waals surface area contributed by atoms with Crippen LogP contribution in [0.1, 0.15) is 30.2 Å². The molecule has 6 heteroatoms. The summed E-state index contributed by atoms with van der Waals surface area (Å²) in [6.07, 6.45) is 3.20. The number of likely N-dealkylation sites (tertiary alicyclic amines) is 1. The number of nitrogens with zero attached hydrogens (tertiary/aromatic N) is 1. The Hall–Kier alpha value is -2.47. The first-order chi connectivity index (χ1) is 12.1. The summed E-state index contributed by atoms with van der Waals surface area (Å²) in [4.78, 5) is 13.6. The fourth-order valence-corrected chi connectivity index (χ4v) is 3.47. The SMILES string of the molecule is COc1ccc(C(c2ccco2)N2CCCC(C(=O)O)C2)cc1OC. The molecule has 2 aromatic rings. The van der Waals surface area contributed by atoms with Crippen molar-refractivity contribution in [2.24, 2.45) is 5.92 Å². The molecule has 0 spiro atoms. The van der Waals surface area contributed by atoms with Crippen molar-refractivity contribution in [3.05, 3.63) is 47.9 Å². The van der Waals surface area contributed by atoms with Gasteiger partial charge < -0.3 is 19.0 Å². The van der Waals surface area contributed by atoms with E-state index in [9.17, 15) is 9.90 Å². The highest BCUT2D eigenvalue weighted by atomic mass is 16.5. The average molecular weight is 345 g/mol. The number of hydrogen-bond donors (Lipinski definition) is 1. The predicted molar refractivity (Wildman–Crippen MR) is 92.0 cm³/mol. The molecule has 1 aliphatic rings. The van der Waals surface area contributed by atoms with Gasteiger partial charge in [-0.25, -0.2) is 0 Å². The first kappa shape index (κ1) is 17.4. The van der Waals surface area contributed by atoms with Gasteiger partial charge >= 0.3 is 5.97 Å². The topological polar surface area (TPSA) is 72.1 Å². The van der Waals surface area contributed by atoms with Crippen LogP contribution in [-0.4, -0.2) is 43.3 Å². The minimum Gasteiger partial charge on any atom is -0.493 e. The van der Waals surface area contributed by atoms with Crippen LogP contribution in [0.15, 0.2) is 41.0 Å². The van der Waals surface area contributed by atoms with Crippen molar-refractivity contribution >= 4 is 5.97 Å². The second kappa shape index (κ2) is 7.61. The maximum Gasteiger partial charge on any atom is 0.307 e. The highest BCUT2D eigenvalue weighted by Crippen LogP contribution is 2.37. The van der Waals surface area contributed by atoms with Crippen molar-refractivity contribution in [3.8, 4) is 11.5 Å². The smallest absolute Gasteiger partial charge is 0.307 e. The molecule has 1 aliphatic heterocycles. The Labute approximate surface area is 147 Å². The van der Waals surface area contributed by atoms with Gasteiger partial charge in [-0.15, -0.1) is 0 Å². The third-order valence-electron chi connectivity index (χ3n) is 4.70. The summed E-state index contributed by atoms with van der Waals surface area (Å²) >= 11 is 0. The van der Waals surface area contributed by atoms with E-state index in [1.54, 1.807) is 20.5 Å². The minimum atomic E-state index is -0.741. The number of carbonyl (C=O) groups is 1. The molecular formula is C19H23NO5. The standard InChI is InChI=1S/C19H23NO5/c1-23-15-8-7-13(11-17(15)24-2)18(16-6-4-10-25-16)20-9-3-5-14(12-20)19(21)22/h4,6-8,10-11,14,18H,3,5,9,12H2,1-2H3,(H,21,22). The molecule has 2 unspecified atom stereocenters. The number of piperidine rings is 1. The summed E-state index contributed by atoms with van der Waals surface area (Å²) in [6.45, 7) is 1.32. The summed E-state index contributed by atoms with van der Waals surface area (Å²) in [5, 5.41) is 9.40. The summed E-state index contributed by atoms with van der Waals surface area (Å²) in [5.41, 5.74) is 0.985. The Balaban J connectivity index is 1.97. The van der Waals surface area contributed by atoms with Crippen molar-refractivity contribution in [1.82, 2.24) is 4.90 Å². The normalized spacial score (nSPS) is 19.4. The average Bonchev–Trinajstić information content (AvgIpc) is 3.16. The maximum atomic E-state index is 11.4. The maximum absolute atomic E-state index is 11.4. The van der Waals surface area contributed by atoms with E-state index in [0.717, 1.165) is 24.3 Å². The van der Waals surface area contributed by atoms with E-state index in [4.69, 9.17) is 13.9 Å². The molecule has 1 fully saturated rings. The van der Waals surface area contributed by atoms with Crippen LogP contribution in [0.2, 0.25) is 0 Å². The van der Waals surface area contributed by atoms with Crippen LogP contribution in [0.5, 0.6) is 11.5 Å². The van der Waals surface area contributed by atoms with Crippen molar-refractivity contribution in [2.45, 2.75) is 18.9 Å². The lowest BCUT2D eigenvalue weighted by atomic mass is 9.93. The van der Waals surface area contributed by atoms with E-state index in [-0.39, 0.29) is 12.0 Å². The summed E-state index contributed by atoms with van der Waals surface area (Å²) in [7, 11) is 3.20. The van der Waals surface area contributed by atoms with E-state index in [1.807, 2.05) is 30.3 Å². The van der Waals surface area contributed by atoms with Crippen LogP contribution in [0, 0.1) is 5.92 Å². The zero-order valence-electron chi connectivity index (χ0n) is 14.5. The molecule has 134 valence electrons. The molecule has 0 radical (unpaired) electrons. The number of furan rings is 1. The van der Waals surface area contributed by atoms with E-state index in [0.29, 0.717) is 24.5 Å². The molecule has 0 amide bonds. The Morgan fingerprint density at radius 2 is 2.08 bits per heavy atom. The Bertz CT molecular complexity index is 713. The monoisotopic (exact) mass is 345 g/mol. The second-order valence-corrected chi connectivity index (χ2v) is 6.20. The van der Waals surface area contributed by atoms with Gasteiger partial charge in [-0.3, -0.25) is 9.69 Å². The Kier molecular flexibility index (Phi) is 5.28. The molecule has 3 rings (SSSR count). The third kappa shape index (κ3) is 3.64. The molecule has 6 nitrogen and oxygen atoms in total. The van der Waals surface area contributed by atoms with Gasteiger partial charge in [0, 0.05) is 6.54 Å². The highest BCUT2D eigenvalue weighted by molar-refractivity contribution is 5.70.